The van der Waals surface area contributed by atoms with E-state index in [-0.39, 0.29) is 48.1 Å². The molecule has 5 amide bonds. The molecule has 4 atom stereocenters. The fourth-order valence-electron chi connectivity index (χ4n) is 8.10. The zero-order chi connectivity index (χ0) is 42.4. The molecule has 3 aliphatic rings. The highest BCUT2D eigenvalue weighted by Gasteiger charge is 2.62. The molecule has 3 N–H and O–H groups in total. The van der Waals surface area contributed by atoms with E-state index in [0.29, 0.717) is 57.7 Å². The molecule has 318 valence electrons. The molecule has 1 spiro atoms. The van der Waals surface area contributed by atoms with Gasteiger partial charge in [0.1, 0.15) is 11.6 Å². The van der Waals surface area contributed by atoms with E-state index in [1.807, 2.05) is 86.3 Å². The fourth-order valence-corrected chi connectivity index (χ4v) is 8.10. The predicted octanol–water partition coefficient (Wildman–Crippen LogP) is 4.78. The van der Waals surface area contributed by atoms with Gasteiger partial charge in [-0.1, -0.05) is 74.5 Å². The number of carbonyl (C=O) groups is 5. The molecule has 3 unspecified atom stereocenters. The normalized spacial score (nSPS) is 20.0. The SMILES string of the molecule is C[C@@H](OCc1ccccc1)C(NC(=O)C1CN(C(=O)c2cnn(Cc3ccccc3)c2)CC12CN(C(=O)C1CC1(C)C)C2)C(=O)NCCCCCNC(=O)OC(C)(C)C. The molecule has 0 bridgehead atoms. The number of carbonyl (C=O) groups excluding carboxylic acids is 5. The van der Waals surface area contributed by atoms with Gasteiger partial charge in [0.25, 0.3) is 5.91 Å². The molecular formula is C45H61N7O7. The second-order valence-corrected chi connectivity index (χ2v) is 18.2. The number of ether oxygens (including phenoxy) is 2. The lowest BCUT2D eigenvalue weighted by Gasteiger charge is -2.50. The van der Waals surface area contributed by atoms with Crippen molar-refractivity contribution in [2.45, 2.75) is 98.1 Å². The van der Waals surface area contributed by atoms with Crippen molar-refractivity contribution in [3.05, 3.63) is 89.7 Å². The second-order valence-electron chi connectivity index (χ2n) is 18.2. The van der Waals surface area contributed by atoms with Crippen LogP contribution in [-0.4, -0.2) is 106 Å². The Labute approximate surface area is 347 Å². The molecule has 14 nitrogen and oxygen atoms in total. The third-order valence-corrected chi connectivity index (χ3v) is 11.7. The van der Waals surface area contributed by atoms with Crippen molar-refractivity contribution >= 4 is 29.7 Å². The molecule has 1 aromatic heterocycles. The van der Waals surface area contributed by atoms with E-state index >= 15 is 0 Å². The quantitative estimate of drug-likeness (QED) is 0.164. The van der Waals surface area contributed by atoms with Crippen molar-refractivity contribution in [3.8, 4) is 0 Å². The topological polar surface area (TPSA) is 164 Å². The van der Waals surface area contributed by atoms with Gasteiger partial charge in [0.2, 0.25) is 17.7 Å². The minimum absolute atomic E-state index is 0.0400. The molecule has 2 aliphatic heterocycles. The molecule has 2 aromatic carbocycles. The van der Waals surface area contributed by atoms with E-state index in [4.69, 9.17) is 9.47 Å². The Morgan fingerprint density at radius 2 is 1.46 bits per heavy atom. The Hall–Kier alpha value is -5.24. The average molecular weight is 812 g/mol. The van der Waals surface area contributed by atoms with E-state index in [1.165, 1.54) is 0 Å². The molecule has 3 fully saturated rings. The van der Waals surface area contributed by atoms with Gasteiger partial charge in [0.15, 0.2) is 0 Å². The lowest BCUT2D eigenvalue weighted by atomic mass is 9.70. The van der Waals surface area contributed by atoms with Crippen LogP contribution in [0.15, 0.2) is 73.1 Å². The van der Waals surface area contributed by atoms with Crippen molar-refractivity contribution in [1.29, 1.82) is 0 Å². The molecule has 3 aromatic rings. The summed E-state index contributed by atoms with van der Waals surface area (Å²) in [6.07, 6.45) is 5.07. The van der Waals surface area contributed by atoms with Crippen molar-refractivity contribution in [2.24, 2.45) is 22.7 Å². The Morgan fingerprint density at radius 1 is 0.847 bits per heavy atom. The van der Waals surface area contributed by atoms with Gasteiger partial charge in [-0.25, -0.2) is 4.79 Å². The van der Waals surface area contributed by atoms with E-state index in [2.05, 4.69) is 34.9 Å². The average Bonchev–Trinajstić information content (AvgIpc) is 3.47. The lowest BCUT2D eigenvalue weighted by molar-refractivity contribution is -0.152. The van der Waals surface area contributed by atoms with Crippen LogP contribution in [-0.2, 0) is 37.0 Å². The number of benzene rings is 2. The number of nitrogens with one attached hydrogen (secondary N) is 3. The first-order chi connectivity index (χ1) is 28.0. The molecule has 6 rings (SSSR count). The van der Waals surface area contributed by atoms with Gasteiger partial charge in [-0.2, -0.15) is 5.10 Å². The first kappa shape index (κ1) is 43.3. The first-order valence-corrected chi connectivity index (χ1v) is 20.9. The molecule has 1 saturated carbocycles. The number of hydrogen-bond donors (Lipinski definition) is 3. The summed E-state index contributed by atoms with van der Waals surface area (Å²) < 4.78 is 13.2. The maximum Gasteiger partial charge on any atom is 0.407 e. The third kappa shape index (κ3) is 11.3. The number of hydrogen-bond acceptors (Lipinski definition) is 8. The summed E-state index contributed by atoms with van der Waals surface area (Å²) in [7, 11) is 0. The third-order valence-electron chi connectivity index (χ3n) is 11.7. The lowest BCUT2D eigenvalue weighted by Crippen LogP contribution is -2.65. The van der Waals surface area contributed by atoms with Crippen LogP contribution in [0.5, 0.6) is 0 Å². The maximum atomic E-state index is 14.5. The van der Waals surface area contributed by atoms with E-state index in [9.17, 15) is 24.0 Å². The Morgan fingerprint density at radius 3 is 2.08 bits per heavy atom. The highest BCUT2D eigenvalue weighted by atomic mass is 16.6. The van der Waals surface area contributed by atoms with E-state index in [1.54, 1.807) is 28.9 Å². The number of likely N-dealkylation sites (tertiary alicyclic amines) is 2. The Kier molecular flexibility index (Phi) is 13.5. The zero-order valence-corrected chi connectivity index (χ0v) is 35.4. The molecule has 2 saturated heterocycles. The van der Waals surface area contributed by atoms with Crippen molar-refractivity contribution < 1.29 is 33.4 Å². The summed E-state index contributed by atoms with van der Waals surface area (Å²) in [5, 5.41) is 13.2. The number of amides is 5. The van der Waals surface area contributed by atoms with Gasteiger partial charge in [-0.15, -0.1) is 0 Å². The van der Waals surface area contributed by atoms with Crippen molar-refractivity contribution in [3.63, 3.8) is 0 Å². The summed E-state index contributed by atoms with van der Waals surface area (Å²) in [4.78, 5) is 71.4. The number of alkyl carbamates (subject to hydrolysis) is 1. The number of nitrogens with zero attached hydrogens (tertiary/aromatic N) is 4. The van der Waals surface area contributed by atoms with E-state index < -0.39 is 35.2 Å². The van der Waals surface area contributed by atoms with Crippen LogP contribution >= 0.6 is 0 Å². The van der Waals surface area contributed by atoms with Gasteiger partial charge in [-0.05, 0) is 69.9 Å². The maximum absolute atomic E-state index is 14.5. The molecule has 0 radical (unpaired) electrons. The van der Waals surface area contributed by atoms with Crippen LogP contribution in [0.1, 0.15) is 88.7 Å². The van der Waals surface area contributed by atoms with Crippen LogP contribution in [0.25, 0.3) is 0 Å². The predicted molar refractivity (Wildman–Crippen MR) is 222 cm³/mol. The number of rotatable bonds is 17. The standard InChI is InChI=1S/C45H61N7O7/c1-31(58-27-33-18-12-8-13-19-33)37(39(54)46-20-14-9-15-21-47-42(57)59-43(2,3)4)49-38(53)36-26-50(28-45(36)29-51(30-45)41(56)35-22-44(35,5)6)40(55)34-23-48-52(25-34)24-32-16-10-7-11-17-32/h7-8,10-13,16-19,23,25,31,35-37H,9,14-15,20-22,24,26-30H2,1-6H3,(H,46,54)(H,47,57)(H,49,53)/t31-,35?,36?,37?/m1/s1. The molecule has 14 heteroatoms. The van der Waals surface area contributed by atoms with Crippen LogP contribution in [0.3, 0.4) is 0 Å². The fraction of sp³-hybridized carbons (Fsp3) is 0.556. The van der Waals surface area contributed by atoms with Crippen LogP contribution in [0.2, 0.25) is 0 Å². The number of unbranched alkanes of at least 4 members (excludes halogenated alkanes) is 2. The highest BCUT2D eigenvalue weighted by molar-refractivity contribution is 5.96. The molecular weight excluding hydrogens is 751 g/mol. The van der Waals surface area contributed by atoms with Crippen LogP contribution in [0.4, 0.5) is 4.79 Å². The molecule has 59 heavy (non-hydrogen) atoms. The molecule has 1 aliphatic carbocycles. The van der Waals surface area contributed by atoms with Gasteiger partial charge in [0, 0.05) is 56.8 Å². The van der Waals surface area contributed by atoms with E-state index in [0.717, 1.165) is 24.0 Å². The van der Waals surface area contributed by atoms with Crippen LogP contribution in [0, 0.1) is 22.7 Å². The van der Waals surface area contributed by atoms with Gasteiger partial charge < -0.3 is 35.2 Å². The zero-order valence-electron chi connectivity index (χ0n) is 35.4. The minimum atomic E-state index is -1.02. The van der Waals surface area contributed by atoms with Crippen molar-refractivity contribution in [2.75, 3.05) is 39.3 Å². The smallest absolute Gasteiger partial charge is 0.407 e. The largest absolute Gasteiger partial charge is 0.444 e. The van der Waals surface area contributed by atoms with Gasteiger partial charge in [-0.3, -0.25) is 23.9 Å². The summed E-state index contributed by atoms with van der Waals surface area (Å²) in [5.74, 6) is -1.59. The summed E-state index contributed by atoms with van der Waals surface area (Å²) in [5.41, 5.74) is 1.12. The molecule has 3 heterocycles. The van der Waals surface area contributed by atoms with Crippen molar-refractivity contribution in [1.82, 2.24) is 35.5 Å². The minimum Gasteiger partial charge on any atom is -0.444 e. The Balaban J connectivity index is 1.12. The second kappa shape index (κ2) is 18.4. The first-order valence-electron chi connectivity index (χ1n) is 20.9. The Bertz CT molecular complexity index is 1940. The summed E-state index contributed by atoms with van der Waals surface area (Å²) in [6.45, 7) is 14.1. The highest BCUT2D eigenvalue weighted by Crippen LogP contribution is 2.54. The monoisotopic (exact) mass is 811 g/mol. The summed E-state index contributed by atoms with van der Waals surface area (Å²) in [6, 6.07) is 18.4. The van der Waals surface area contributed by atoms with Gasteiger partial charge >= 0.3 is 6.09 Å². The number of aromatic nitrogens is 2. The summed E-state index contributed by atoms with van der Waals surface area (Å²) >= 11 is 0. The van der Waals surface area contributed by atoms with Gasteiger partial charge in [0.05, 0.1) is 36.9 Å². The van der Waals surface area contributed by atoms with Crippen LogP contribution < -0.4 is 16.0 Å².